The Bertz CT molecular complexity index is 237. The van der Waals surface area contributed by atoms with E-state index < -0.39 is 36.3 Å². The van der Waals surface area contributed by atoms with Crippen LogP contribution in [0.4, 0.5) is 0 Å². The molecule has 0 saturated heterocycles. The van der Waals surface area contributed by atoms with Crippen molar-refractivity contribution in [1.29, 1.82) is 0 Å². The number of carbonyl (C=O) groups excluding carboxylic acids is 1. The molecule has 0 aliphatic carbocycles. The Morgan fingerprint density at radius 3 is 2.46 bits per heavy atom. The van der Waals surface area contributed by atoms with Crippen LogP contribution in [0.5, 0.6) is 0 Å². The maximum absolute atomic E-state index is 10.8. The molecular formula is C6H7NaO6. The number of hydrogen-bond acceptors (Lipinski definition) is 6. The molecule has 0 aromatic carbocycles. The van der Waals surface area contributed by atoms with Crippen LogP contribution in [0.25, 0.3) is 0 Å². The number of ether oxygens (including phenoxy) is 1. The number of ketones is 1. The van der Waals surface area contributed by atoms with Gasteiger partial charge in [0.2, 0.25) is 5.78 Å². The van der Waals surface area contributed by atoms with Crippen molar-refractivity contribution in [3.8, 4) is 0 Å². The van der Waals surface area contributed by atoms with Crippen LogP contribution in [-0.4, -0.2) is 39.9 Å². The maximum Gasteiger partial charge on any atom is 1.00 e. The molecule has 7 heteroatoms. The minimum Gasteiger partial charge on any atom is -0.596 e. The average molecular weight is 198 g/mol. The molecule has 0 fully saturated rings. The molecule has 0 bridgehead atoms. The second kappa shape index (κ2) is 4.83. The average Bonchev–Trinajstić information content (AvgIpc) is 2.32. The topological polar surface area (TPSA) is 110 Å². The van der Waals surface area contributed by atoms with Gasteiger partial charge in [0.05, 0.1) is 18.7 Å². The molecule has 1 rings (SSSR count). The summed E-state index contributed by atoms with van der Waals surface area (Å²) < 4.78 is 4.25. The Balaban J connectivity index is 0.00000144. The normalized spacial score (nSPS) is 23.8. The SMILES string of the molecule is O=C1C(O)=C([O-])OC1[C@@H](O)CO.[Na+]. The van der Waals surface area contributed by atoms with Crippen LogP contribution in [0.2, 0.25) is 0 Å². The quantitative estimate of drug-likeness (QED) is 0.381. The van der Waals surface area contributed by atoms with Crippen LogP contribution < -0.4 is 34.7 Å². The van der Waals surface area contributed by atoms with Gasteiger partial charge in [-0.2, -0.15) is 0 Å². The molecule has 0 amide bonds. The van der Waals surface area contributed by atoms with E-state index in [0.29, 0.717) is 0 Å². The molecule has 1 unspecified atom stereocenters. The van der Waals surface area contributed by atoms with Gasteiger partial charge >= 0.3 is 29.6 Å². The van der Waals surface area contributed by atoms with Crippen molar-refractivity contribution in [2.75, 3.05) is 6.61 Å². The largest absolute Gasteiger partial charge is 1.00 e. The first-order valence-electron chi connectivity index (χ1n) is 3.18. The summed E-state index contributed by atoms with van der Waals surface area (Å²) in [5, 5.41) is 36.5. The number of aliphatic hydroxyl groups is 3. The minimum atomic E-state index is -1.48. The molecule has 0 saturated carbocycles. The van der Waals surface area contributed by atoms with Crippen LogP contribution in [0.1, 0.15) is 0 Å². The molecule has 1 heterocycles. The number of Topliss-reactive ketones (excluding diaryl/α,β-unsaturated/α-hetero) is 1. The molecule has 0 aromatic rings. The molecule has 6 nitrogen and oxygen atoms in total. The van der Waals surface area contributed by atoms with Crippen molar-refractivity contribution >= 4 is 5.78 Å². The fraction of sp³-hybridized carbons (Fsp3) is 0.500. The van der Waals surface area contributed by atoms with Gasteiger partial charge in [-0.3, -0.25) is 4.79 Å². The molecule has 1 aliphatic heterocycles. The second-order valence-electron chi connectivity index (χ2n) is 2.29. The molecule has 0 radical (unpaired) electrons. The van der Waals surface area contributed by atoms with Crippen molar-refractivity contribution < 1.29 is 59.5 Å². The molecule has 1 aliphatic rings. The monoisotopic (exact) mass is 198 g/mol. The van der Waals surface area contributed by atoms with Gasteiger partial charge in [-0.25, -0.2) is 0 Å². The molecular weight excluding hydrogens is 191 g/mol. The summed E-state index contributed by atoms with van der Waals surface area (Å²) in [6.45, 7) is -0.711. The smallest absolute Gasteiger partial charge is 0.596 e. The summed E-state index contributed by atoms with van der Waals surface area (Å²) in [5.74, 6) is -3.20. The van der Waals surface area contributed by atoms with Crippen LogP contribution in [0, 0.1) is 0 Å². The van der Waals surface area contributed by atoms with Crippen molar-refractivity contribution in [3.63, 3.8) is 0 Å². The zero-order chi connectivity index (χ0) is 9.30. The Kier molecular flexibility index (Phi) is 4.72. The van der Waals surface area contributed by atoms with Gasteiger partial charge in [0.15, 0.2) is 5.76 Å². The van der Waals surface area contributed by atoms with E-state index >= 15 is 0 Å². The number of rotatable bonds is 2. The van der Waals surface area contributed by atoms with Crippen LogP contribution >= 0.6 is 0 Å². The van der Waals surface area contributed by atoms with Gasteiger partial charge < -0.3 is 25.2 Å². The Labute approximate surface area is 95.7 Å². The summed E-state index contributed by atoms with van der Waals surface area (Å²) in [7, 11) is 0. The van der Waals surface area contributed by atoms with Crippen molar-refractivity contribution in [1.82, 2.24) is 0 Å². The van der Waals surface area contributed by atoms with E-state index in [1.165, 1.54) is 0 Å². The van der Waals surface area contributed by atoms with E-state index in [9.17, 15) is 9.90 Å². The summed E-state index contributed by atoms with van der Waals surface area (Å²) in [6.07, 6.45) is -2.95. The van der Waals surface area contributed by atoms with Crippen molar-refractivity contribution in [3.05, 3.63) is 11.7 Å². The molecule has 0 spiro atoms. The summed E-state index contributed by atoms with van der Waals surface area (Å²) in [4.78, 5) is 10.8. The Hall–Kier alpha value is -0.270. The first kappa shape index (κ1) is 12.7. The van der Waals surface area contributed by atoms with Crippen LogP contribution in [0.15, 0.2) is 11.7 Å². The van der Waals surface area contributed by atoms with Gasteiger partial charge in [-0.05, 0) is 0 Å². The van der Waals surface area contributed by atoms with Crippen LogP contribution in [-0.2, 0) is 9.53 Å². The van der Waals surface area contributed by atoms with E-state index in [4.69, 9.17) is 15.3 Å². The van der Waals surface area contributed by atoms with Gasteiger partial charge in [-0.1, -0.05) is 0 Å². The van der Waals surface area contributed by atoms with E-state index in [0.717, 1.165) is 0 Å². The van der Waals surface area contributed by atoms with Gasteiger partial charge in [0.1, 0.15) is 6.10 Å². The van der Waals surface area contributed by atoms with Gasteiger partial charge in [0.25, 0.3) is 0 Å². The van der Waals surface area contributed by atoms with E-state index in [-0.39, 0.29) is 29.6 Å². The van der Waals surface area contributed by atoms with Gasteiger partial charge in [0, 0.05) is 0 Å². The van der Waals surface area contributed by atoms with Crippen molar-refractivity contribution in [2.45, 2.75) is 12.2 Å². The number of aliphatic hydroxyl groups excluding tert-OH is 3. The molecule has 2 atom stereocenters. The van der Waals surface area contributed by atoms with Crippen molar-refractivity contribution in [2.24, 2.45) is 0 Å². The first-order chi connectivity index (χ1) is 5.57. The maximum atomic E-state index is 10.8. The van der Waals surface area contributed by atoms with Gasteiger partial charge in [-0.15, -0.1) is 0 Å². The third kappa shape index (κ3) is 2.35. The zero-order valence-corrected chi connectivity index (χ0v) is 8.93. The third-order valence-corrected chi connectivity index (χ3v) is 1.46. The Morgan fingerprint density at radius 1 is 1.62 bits per heavy atom. The molecule has 3 N–H and O–H groups in total. The number of carbonyl (C=O) groups is 1. The summed E-state index contributed by atoms with van der Waals surface area (Å²) >= 11 is 0. The predicted octanol–water partition coefficient (Wildman–Crippen LogP) is -5.60. The Morgan fingerprint density at radius 2 is 2.15 bits per heavy atom. The van der Waals surface area contributed by atoms with E-state index in [1.807, 2.05) is 0 Å². The first-order valence-corrected chi connectivity index (χ1v) is 3.18. The fourth-order valence-electron chi connectivity index (χ4n) is 0.809. The molecule has 0 aromatic heterocycles. The second-order valence-corrected chi connectivity index (χ2v) is 2.29. The number of hydrogen-bond donors (Lipinski definition) is 3. The standard InChI is InChI=1S/C6H8O6.Na/c7-1-2(8)5-3(9)4(10)6(11)12-5;/h2,5,7-8,10-11H,1H2;/q;+1/p-1/t2-,5?;/m0./s1. The third-order valence-electron chi connectivity index (χ3n) is 1.46. The summed E-state index contributed by atoms with van der Waals surface area (Å²) in [6, 6.07) is 0. The minimum absolute atomic E-state index is 0. The fourth-order valence-corrected chi connectivity index (χ4v) is 0.809. The molecule has 68 valence electrons. The predicted molar refractivity (Wildman–Crippen MR) is 32.6 cm³/mol. The summed E-state index contributed by atoms with van der Waals surface area (Å²) in [5.41, 5.74) is 0. The van der Waals surface area contributed by atoms with Crippen LogP contribution in [0.3, 0.4) is 0 Å². The van der Waals surface area contributed by atoms with E-state index in [2.05, 4.69) is 4.74 Å². The molecule has 13 heavy (non-hydrogen) atoms. The van der Waals surface area contributed by atoms with E-state index in [1.54, 1.807) is 0 Å². The zero-order valence-electron chi connectivity index (χ0n) is 6.93.